The van der Waals surface area contributed by atoms with E-state index < -0.39 is 145 Å². The highest BCUT2D eigenvalue weighted by Crippen LogP contribution is 2.22. The molecule has 0 aromatic carbocycles. The Morgan fingerprint density at radius 1 is 0.444 bits per heavy atom. The van der Waals surface area contributed by atoms with E-state index in [2.05, 4.69) is 42.5 Å². The maximum atomic E-state index is 14.1. The summed E-state index contributed by atoms with van der Waals surface area (Å²) < 4.78 is 0. The molecule has 24 heteroatoms. The van der Waals surface area contributed by atoms with Gasteiger partial charge in [-0.25, -0.2) is 0 Å². The molecule has 0 aliphatic carbocycles. The number of aliphatic hydroxyl groups excluding tert-OH is 2. The van der Waals surface area contributed by atoms with E-state index >= 15 is 0 Å². The number of nitrogens with one attached hydrogen (secondary N) is 8. The molecule has 0 aromatic heterocycles. The van der Waals surface area contributed by atoms with E-state index in [-0.39, 0.29) is 89.4 Å². The van der Waals surface area contributed by atoms with E-state index in [4.69, 9.17) is 11.5 Å². The third-order valence-corrected chi connectivity index (χ3v) is 13.1. The summed E-state index contributed by atoms with van der Waals surface area (Å²) in [6.07, 6.45) is 1.87. The Hall–Kier alpha value is -5.46. The second-order valence-corrected chi connectivity index (χ2v) is 20.7. The first-order valence-corrected chi connectivity index (χ1v) is 25.7. The quantitative estimate of drug-likeness (QED) is 0.0813. The Bertz CT molecular complexity index is 1770. The van der Waals surface area contributed by atoms with Crippen molar-refractivity contribution in [1.82, 2.24) is 52.3 Å². The molecular formula is C48H84N12O12. The predicted octanol–water partition coefficient (Wildman–Crippen LogP) is -3.27. The minimum Gasteiger partial charge on any atom is -0.394 e. The van der Waals surface area contributed by atoms with Gasteiger partial charge in [0, 0.05) is 13.1 Å². The molecule has 3 rings (SSSR count). The smallest absolute Gasteiger partial charge is 0.248 e. The van der Waals surface area contributed by atoms with Crippen LogP contribution in [0.1, 0.15) is 120 Å². The number of nitrogens with zero attached hydrogens (tertiary/aromatic N) is 2. The fraction of sp³-hybridized carbons (Fsp3) is 0.792. The molecule has 408 valence electrons. The molecule has 14 N–H and O–H groups in total. The first-order valence-electron chi connectivity index (χ1n) is 25.7. The maximum absolute atomic E-state index is 14.1. The van der Waals surface area contributed by atoms with Crippen LogP contribution in [0.15, 0.2) is 0 Å². The van der Waals surface area contributed by atoms with E-state index in [9.17, 15) is 58.2 Å². The fourth-order valence-electron chi connectivity index (χ4n) is 9.15. The normalized spacial score (nSPS) is 28.7. The van der Waals surface area contributed by atoms with Gasteiger partial charge in [-0.05, 0) is 101 Å². The zero-order valence-electron chi connectivity index (χ0n) is 43.4. The number of carbonyl (C=O) groups is 10. The number of hydrogen-bond donors (Lipinski definition) is 12. The van der Waals surface area contributed by atoms with Gasteiger partial charge in [0.2, 0.25) is 59.1 Å². The summed E-state index contributed by atoms with van der Waals surface area (Å²) in [6, 6.07) is -12.8. The largest absolute Gasteiger partial charge is 0.394 e. The molecule has 0 bridgehead atoms. The first kappa shape index (κ1) is 60.8. The van der Waals surface area contributed by atoms with Crippen molar-refractivity contribution >= 4 is 59.1 Å². The van der Waals surface area contributed by atoms with Crippen LogP contribution in [0.3, 0.4) is 0 Å². The van der Waals surface area contributed by atoms with Crippen molar-refractivity contribution in [2.45, 2.75) is 180 Å². The van der Waals surface area contributed by atoms with E-state index in [0.717, 1.165) is 0 Å². The Kier molecular flexibility index (Phi) is 24.8. The molecule has 3 saturated heterocycles. The lowest BCUT2D eigenvalue weighted by Gasteiger charge is -2.32. The Balaban J connectivity index is 2.12. The van der Waals surface area contributed by atoms with Crippen molar-refractivity contribution in [1.29, 1.82) is 0 Å². The van der Waals surface area contributed by atoms with Crippen molar-refractivity contribution in [3.05, 3.63) is 0 Å². The highest BCUT2D eigenvalue weighted by molar-refractivity contribution is 6.00. The van der Waals surface area contributed by atoms with Crippen molar-refractivity contribution in [3.63, 3.8) is 0 Å². The van der Waals surface area contributed by atoms with E-state index in [1.807, 2.05) is 0 Å². The van der Waals surface area contributed by atoms with Crippen molar-refractivity contribution in [2.24, 2.45) is 35.1 Å². The van der Waals surface area contributed by atoms with Gasteiger partial charge < -0.3 is 74.0 Å². The zero-order valence-corrected chi connectivity index (χ0v) is 43.4. The summed E-state index contributed by atoms with van der Waals surface area (Å²) in [5.41, 5.74) is 11.6. The van der Waals surface area contributed by atoms with Crippen LogP contribution >= 0.6 is 0 Å². The summed E-state index contributed by atoms with van der Waals surface area (Å²) in [4.78, 5) is 143. The van der Waals surface area contributed by atoms with Gasteiger partial charge in [-0.2, -0.15) is 0 Å². The topological polar surface area (TPSA) is 366 Å². The Labute approximate surface area is 423 Å². The minimum absolute atomic E-state index is 0.0358. The zero-order chi connectivity index (χ0) is 54.0. The van der Waals surface area contributed by atoms with Crippen molar-refractivity contribution < 1.29 is 58.2 Å². The van der Waals surface area contributed by atoms with Crippen LogP contribution in [0.2, 0.25) is 0 Å². The molecule has 0 unspecified atom stereocenters. The first-order chi connectivity index (χ1) is 34.0. The SMILES string of the molecule is CC(C)C[C@@H]1NC(=O)[C@H](CCCN)NC(=O)[C@H](C(C)C)NC(=O)[C@@H]2CCCN2C(=O)[C@H](CO)NC(=O)[C@H](CC(C)C)NC(=O)[C@H](CCCN)NC(=O)[C@H](C(C)C)NC(=O)[C@@H]2CCCN2C(=O)[C@H](CO)NC1=O. The van der Waals surface area contributed by atoms with Crippen LogP contribution in [0.5, 0.6) is 0 Å². The number of carbonyl (C=O) groups excluding carboxylic acids is 10. The van der Waals surface area contributed by atoms with Crippen LogP contribution in [-0.4, -0.2) is 179 Å². The van der Waals surface area contributed by atoms with Gasteiger partial charge in [0.05, 0.1) is 13.2 Å². The van der Waals surface area contributed by atoms with Crippen LogP contribution in [0.4, 0.5) is 0 Å². The predicted molar refractivity (Wildman–Crippen MR) is 264 cm³/mol. The average Bonchev–Trinajstić information content (AvgIpc) is 4.03. The number of rotatable bonds is 14. The Morgan fingerprint density at radius 3 is 1.04 bits per heavy atom. The van der Waals surface area contributed by atoms with Gasteiger partial charge >= 0.3 is 0 Å². The third kappa shape index (κ3) is 17.4. The van der Waals surface area contributed by atoms with Crippen LogP contribution < -0.4 is 54.0 Å². The van der Waals surface area contributed by atoms with E-state index in [1.54, 1.807) is 55.4 Å². The van der Waals surface area contributed by atoms with Gasteiger partial charge in [-0.3, -0.25) is 47.9 Å². The molecule has 0 aromatic rings. The third-order valence-electron chi connectivity index (χ3n) is 13.1. The second kappa shape index (κ2) is 29.3. The monoisotopic (exact) mass is 1020 g/mol. The van der Waals surface area contributed by atoms with Crippen molar-refractivity contribution in [3.8, 4) is 0 Å². The van der Waals surface area contributed by atoms with Gasteiger partial charge in [-0.1, -0.05) is 55.4 Å². The average molecular weight is 1020 g/mol. The fourth-order valence-corrected chi connectivity index (χ4v) is 9.15. The summed E-state index contributed by atoms with van der Waals surface area (Å²) >= 11 is 0. The Morgan fingerprint density at radius 2 is 0.750 bits per heavy atom. The highest BCUT2D eigenvalue weighted by Gasteiger charge is 2.43. The van der Waals surface area contributed by atoms with Gasteiger partial charge in [-0.15, -0.1) is 0 Å². The molecule has 10 atom stereocenters. The molecule has 0 spiro atoms. The number of aliphatic hydroxyl groups is 2. The number of hydrogen-bond acceptors (Lipinski definition) is 14. The lowest BCUT2D eigenvalue weighted by Crippen LogP contribution is -2.62. The van der Waals surface area contributed by atoms with Gasteiger partial charge in [0.25, 0.3) is 0 Å². The summed E-state index contributed by atoms with van der Waals surface area (Å²) in [7, 11) is 0. The molecule has 0 saturated carbocycles. The van der Waals surface area contributed by atoms with Gasteiger partial charge in [0.15, 0.2) is 0 Å². The molecule has 0 radical (unpaired) electrons. The molecule has 3 aliphatic rings. The lowest BCUT2D eigenvalue weighted by atomic mass is 9.99. The molecule has 24 nitrogen and oxygen atoms in total. The van der Waals surface area contributed by atoms with Crippen LogP contribution in [0.25, 0.3) is 0 Å². The number of amides is 10. The molecule has 10 amide bonds. The summed E-state index contributed by atoms with van der Waals surface area (Å²) in [5.74, 6) is -9.06. The molecule has 72 heavy (non-hydrogen) atoms. The van der Waals surface area contributed by atoms with E-state index in [0.29, 0.717) is 12.8 Å². The van der Waals surface area contributed by atoms with E-state index in [1.165, 1.54) is 9.80 Å². The lowest BCUT2D eigenvalue weighted by molar-refractivity contribution is -0.144. The van der Waals surface area contributed by atoms with Crippen LogP contribution in [0, 0.1) is 23.7 Å². The maximum Gasteiger partial charge on any atom is 0.248 e. The minimum atomic E-state index is -1.55. The summed E-state index contributed by atoms with van der Waals surface area (Å²) in [6.45, 7) is 12.6. The molecular weight excluding hydrogens is 937 g/mol. The summed E-state index contributed by atoms with van der Waals surface area (Å²) in [5, 5.41) is 42.3. The van der Waals surface area contributed by atoms with Gasteiger partial charge in [0.1, 0.15) is 60.4 Å². The van der Waals surface area contributed by atoms with Crippen LogP contribution in [-0.2, 0) is 47.9 Å². The number of fused-ring (bicyclic) bond motifs is 2. The molecule has 3 fully saturated rings. The number of nitrogens with two attached hydrogens (primary N) is 2. The molecule has 3 heterocycles. The van der Waals surface area contributed by atoms with Crippen molar-refractivity contribution in [2.75, 3.05) is 39.4 Å². The standard InChI is InChI=1S/C48H84N12O12/c1-25(2)21-31-41(65)55-33(23-61)47(71)59-19-11-15-35(59)43(67)58-38(28(7)8)46(70)52-30(14-10-18-50)40(64)54-32(22-26(3)4)42(66)56-34(24-62)48(72)60-20-12-16-36(60)44(68)57-37(27(5)6)45(69)51-29(13-9-17-49)39(63)53-31/h25-38,61-62H,9-24,49-50H2,1-8H3,(H,51,69)(H,52,70)(H,53,63)(H,54,64)(H,55,65)(H,56,66)(H,57,68)(H,58,67)/t29-,30-,31-,32-,33-,34-,35-,36-,37-,38-/m0/s1. The highest BCUT2D eigenvalue weighted by atomic mass is 16.3. The molecule has 3 aliphatic heterocycles. The second-order valence-electron chi connectivity index (χ2n) is 20.7.